The fourth-order valence-electron chi connectivity index (χ4n) is 2.95. The standard InChI is InChI=1S/C18H23N3O4S/c1-20-5-7-21(8-6-20)18-19-17(22)15(26-18)11-12-9-13(23-2)16(25-4)14(10-12)24-3/h9-11H,5-8H2,1-4H3/p+1/b15-11-. The van der Waals surface area contributed by atoms with Crippen LogP contribution in [0.25, 0.3) is 6.08 Å². The van der Waals surface area contributed by atoms with E-state index in [1.54, 1.807) is 21.3 Å². The van der Waals surface area contributed by atoms with E-state index in [9.17, 15) is 4.79 Å². The second-order valence-electron chi connectivity index (χ2n) is 6.21. The summed E-state index contributed by atoms with van der Waals surface area (Å²) in [6.45, 7) is 3.95. The van der Waals surface area contributed by atoms with Crippen molar-refractivity contribution in [3.8, 4) is 17.2 Å². The summed E-state index contributed by atoms with van der Waals surface area (Å²) in [5.74, 6) is 1.43. The average molecular weight is 378 g/mol. The first kappa shape index (κ1) is 18.6. The summed E-state index contributed by atoms with van der Waals surface area (Å²) < 4.78 is 16.1. The molecule has 1 aromatic carbocycles. The Morgan fingerprint density at radius 3 is 2.27 bits per heavy atom. The molecule has 3 rings (SSSR count). The Morgan fingerprint density at radius 2 is 1.73 bits per heavy atom. The van der Waals surface area contributed by atoms with Gasteiger partial charge in [-0.15, -0.1) is 0 Å². The third kappa shape index (κ3) is 3.81. The van der Waals surface area contributed by atoms with Gasteiger partial charge in [-0.3, -0.25) is 4.79 Å². The number of piperazine rings is 1. The second-order valence-corrected chi connectivity index (χ2v) is 7.22. The lowest BCUT2D eigenvalue weighted by atomic mass is 10.1. The van der Waals surface area contributed by atoms with Crippen LogP contribution in [0.4, 0.5) is 0 Å². The summed E-state index contributed by atoms with van der Waals surface area (Å²) >= 11 is 1.42. The maximum atomic E-state index is 12.3. The highest BCUT2D eigenvalue weighted by Crippen LogP contribution is 2.39. The summed E-state index contributed by atoms with van der Waals surface area (Å²) in [4.78, 5) is 20.9. The summed E-state index contributed by atoms with van der Waals surface area (Å²) in [6, 6.07) is 3.64. The molecule has 1 N–H and O–H groups in total. The monoisotopic (exact) mass is 378 g/mol. The first-order valence-corrected chi connectivity index (χ1v) is 9.26. The van der Waals surface area contributed by atoms with Gasteiger partial charge in [-0.05, 0) is 35.5 Å². The van der Waals surface area contributed by atoms with E-state index in [-0.39, 0.29) is 5.91 Å². The molecule has 0 unspecified atom stereocenters. The van der Waals surface area contributed by atoms with Crippen molar-refractivity contribution in [3.63, 3.8) is 0 Å². The Balaban J connectivity index is 1.82. The summed E-state index contributed by atoms with van der Waals surface area (Å²) in [5, 5.41) is 0.793. The van der Waals surface area contributed by atoms with Crippen LogP contribution in [0.15, 0.2) is 22.0 Å². The number of hydrogen-bond donors (Lipinski definition) is 1. The molecule has 7 nitrogen and oxygen atoms in total. The lowest BCUT2D eigenvalue weighted by molar-refractivity contribution is -0.883. The number of hydrogen-bond acceptors (Lipinski definition) is 6. The van der Waals surface area contributed by atoms with Crippen molar-refractivity contribution in [2.24, 2.45) is 4.99 Å². The van der Waals surface area contributed by atoms with Gasteiger partial charge in [0.05, 0.1) is 59.5 Å². The van der Waals surface area contributed by atoms with Gasteiger partial charge in [-0.25, -0.2) is 0 Å². The van der Waals surface area contributed by atoms with Crippen LogP contribution in [0.1, 0.15) is 5.56 Å². The van der Waals surface area contributed by atoms with Crippen LogP contribution >= 0.6 is 11.8 Å². The van der Waals surface area contributed by atoms with E-state index in [1.807, 2.05) is 18.2 Å². The van der Waals surface area contributed by atoms with Gasteiger partial charge in [0.2, 0.25) is 5.75 Å². The van der Waals surface area contributed by atoms with Gasteiger partial charge in [0, 0.05) is 0 Å². The highest BCUT2D eigenvalue weighted by molar-refractivity contribution is 8.18. The van der Waals surface area contributed by atoms with Gasteiger partial charge in [-0.1, -0.05) is 0 Å². The minimum absolute atomic E-state index is 0.204. The van der Waals surface area contributed by atoms with Gasteiger partial charge in [-0.2, -0.15) is 4.99 Å². The van der Waals surface area contributed by atoms with E-state index in [4.69, 9.17) is 14.2 Å². The van der Waals surface area contributed by atoms with Gasteiger partial charge in [0.25, 0.3) is 5.91 Å². The molecule has 8 heteroatoms. The number of methoxy groups -OCH3 is 3. The van der Waals surface area contributed by atoms with E-state index in [2.05, 4.69) is 16.9 Å². The predicted molar refractivity (Wildman–Crippen MR) is 102 cm³/mol. The van der Waals surface area contributed by atoms with Crippen LogP contribution in [0, 0.1) is 0 Å². The minimum Gasteiger partial charge on any atom is -0.493 e. The number of quaternary nitrogens is 1. The molecule has 2 aliphatic heterocycles. The van der Waals surface area contributed by atoms with Crippen LogP contribution in [-0.4, -0.2) is 70.5 Å². The Labute approximate surface area is 157 Å². The molecular weight excluding hydrogens is 354 g/mol. The number of rotatable bonds is 4. The fraction of sp³-hybridized carbons (Fsp3) is 0.444. The first-order valence-electron chi connectivity index (χ1n) is 8.44. The number of ether oxygens (including phenoxy) is 3. The highest BCUT2D eigenvalue weighted by atomic mass is 32.2. The van der Waals surface area contributed by atoms with Gasteiger partial charge < -0.3 is 24.0 Å². The number of likely N-dealkylation sites (N-methyl/N-ethyl adjacent to an activating group) is 1. The second kappa shape index (κ2) is 8.01. The zero-order valence-electron chi connectivity index (χ0n) is 15.5. The number of benzene rings is 1. The van der Waals surface area contributed by atoms with E-state index >= 15 is 0 Å². The van der Waals surface area contributed by atoms with Crippen molar-refractivity contribution in [3.05, 3.63) is 22.6 Å². The molecule has 0 saturated carbocycles. The highest BCUT2D eigenvalue weighted by Gasteiger charge is 2.29. The van der Waals surface area contributed by atoms with Crippen molar-refractivity contribution in [1.29, 1.82) is 0 Å². The van der Waals surface area contributed by atoms with Gasteiger partial charge in [0.1, 0.15) is 0 Å². The zero-order valence-corrected chi connectivity index (χ0v) is 16.3. The Kier molecular flexibility index (Phi) is 5.73. The molecule has 0 aliphatic carbocycles. The lowest BCUT2D eigenvalue weighted by Crippen LogP contribution is -3.12. The van der Waals surface area contributed by atoms with Crippen molar-refractivity contribution in [2.75, 3.05) is 54.6 Å². The quantitative estimate of drug-likeness (QED) is 0.771. The number of carbonyl (C=O) groups excluding carboxylic acids is 1. The molecule has 0 aromatic heterocycles. The van der Waals surface area contributed by atoms with Crippen molar-refractivity contribution in [2.45, 2.75) is 0 Å². The van der Waals surface area contributed by atoms with E-state index in [1.165, 1.54) is 16.7 Å². The molecule has 2 aliphatic rings. The third-order valence-electron chi connectivity index (χ3n) is 4.48. The normalized spacial score (nSPS) is 19.7. The number of aliphatic imine (C=N–C) groups is 1. The topological polar surface area (TPSA) is 64.8 Å². The molecule has 2 heterocycles. The predicted octanol–water partition coefficient (Wildman–Crippen LogP) is 0.513. The van der Waals surface area contributed by atoms with E-state index in [0.29, 0.717) is 22.2 Å². The summed E-state index contributed by atoms with van der Waals surface area (Å²) in [6.07, 6.45) is 1.81. The van der Waals surface area contributed by atoms with Crippen LogP contribution < -0.4 is 19.1 Å². The number of thioether (sulfide) groups is 1. The van der Waals surface area contributed by atoms with Crippen LogP contribution in [0.3, 0.4) is 0 Å². The van der Waals surface area contributed by atoms with Gasteiger partial charge in [0.15, 0.2) is 16.7 Å². The molecule has 1 amide bonds. The molecule has 26 heavy (non-hydrogen) atoms. The molecule has 1 aromatic rings. The van der Waals surface area contributed by atoms with Crippen molar-refractivity contribution in [1.82, 2.24) is 4.90 Å². The maximum Gasteiger partial charge on any atom is 0.286 e. The van der Waals surface area contributed by atoms with Crippen LogP contribution in [-0.2, 0) is 4.79 Å². The molecule has 1 fully saturated rings. The first-order chi connectivity index (χ1) is 12.5. The summed E-state index contributed by atoms with van der Waals surface area (Å²) in [7, 11) is 6.88. The maximum absolute atomic E-state index is 12.3. The fourth-order valence-corrected chi connectivity index (χ4v) is 3.91. The van der Waals surface area contributed by atoms with Crippen LogP contribution in [0.2, 0.25) is 0 Å². The zero-order chi connectivity index (χ0) is 18.7. The Bertz CT molecular complexity index is 730. The molecule has 0 bridgehead atoms. The average Bonchev–Trinajstić information content (AvgIpc) is 3.01. The number of amides is 1. The van der Waals surface area contributed by atoms with Crippen molar-refractivity contribution >= 4 is 28.9 Å². The van der Waals surface area contributed by atoms with Gasteiger partial charge >= 0.3 is 0 Å². The smallest absolute Gasteiger partial charge is 0.286 e. The van der Waals surface area contributed by atoms with Crippen LogP contribution in [0.5, 0.6) is 17.2 Å². The number of nitrogens with one attached hydrogen (secondary N) is 1. The molecule has 1 saturated heterocycles. The molecular formula is C18H24N3O4S+. The minimum atomic E-state index is -0.204. The Morgan fingerprint density at radius 1 is 1.12 bits per heavy atom. The van der Waals surface area contributed by atoms with E-state index in [0.717, 1.165) is 36.9 Å². The number of carbonyl (C=O) groups is 1. The number of nitrogens with zero attached hydrogens (tertiary/aromatic N) is 2. The molecule has 0 radical (unpaired) electrons. The number of amidine groups is 1. The molecule has 140 valence electrons. The summed E-state index contributed by atoms with van der Waals surface area (Å²) in [5.41, 5.74) is 0.801. The SMILES string of the molecule is COc1cc(/C=C2\SC(N3CC[NH+](C)CC3)=NC2=O)cc(OC)c1OC. The third-order valence-corrected chi connectivity index (χ3v) is 5.53. The van der Waals surface area contributed by atoms with E-state index < -0.39 is 0 Å². The largest absolute Gasteiger partial charge is 0.493 e. The van der Waals surface area contributed by atoms with Crippen molar-refractivity contribution < 1.29 is 23.9 Å². The molecule has 0 spiro atoms. The lowest BCUT2D eigenvalue weighted by Gasteiger charge is -2.30. The Hall–Kier alpha value is -2.19. The molecule has 0 atom stereocenters.